The summed E-state index contributed by atoms with van der Waals surface area (Å²) in [5, 5.41) is 92.7. The van der Waals surface area contributed by atoms with Crippen LogP contribution >= 0.6 is 0 Å². The number of benzene rings is 15. The number of fused-ring (bicyclic) bond motifs is 9. The molecule has 762 valence electrons. The van der Waals surface area contributed by atoms with Crippen LogP contribution in [0.2, 0.25) is 0 Å². The average molecular weight is 1920 g/mol. The molecule has 15 aromatic rings. The maximum absolute atomic E-state index is 12.6. The summed E-state index contributed by atoms with van der Waals surface area (Å²) >= 11 is 0. The van der Waals surface area contributed by atoms with Gasteiger partial charge in [-0.2, -0.15) is 0 Å². The first-order chi connectivity index (χ1) is 60.7. The van der Waals surface area contributed by atoms with Gasteiger partial charge in [0.2, 0.25) is 0 Å². The zero-order valence-corrected chi connectivity index (χ0v) is 75.8. The molecule has 0 radical (unpaired) electrons. The second-order valence-corrected chi connectivity index (χ2v) is 34.5. The summed E-state index contributed by atoms with van der Waals surface area (Å²) in [7, 11) is 0. The van der Waals surface area contributed by atoms with Crippen molar-refractivity contribution in [3.63, 3.8) is 0 Å². The first-order valence-corrected chi connectivity index (χ1v) is 43.0. The number of esters is 6. The Kier molecular flexibility index (Phi) is 51.5. The molecule has 0 fully saturated rings. The Morgan fingerprint density at radius 1 is 0.250 bits per heavy atom. The van der Waals surface area contributed by atoms with Gasteiger partial charge in [-0.15, -0.1) is 0 Å². The van der Waals surface area contributed by atoms with Crippen molar-refractivity contribution in [3.8, 4) is 80.5 Å². The molecule has 0 bridgehead atoms. The van der Waals surface area contributed by atoms with Crippen LogP contribution in [-0.4, -0.2) is 76.7 Å². The Balaban J connectivity index is -0.00000159. The van der Waals surface area contributed by atoms with Crippen LogP contribution in [0.3, 0.4) is 0 Å². The van der Waals surface area contributed by atoms with Crippen molar-refractivity contribution < 1.29 is 98.0 Å². The summed E-state index contributed by atoms with van der Waals surface area (Å²) in [4.78, 5) is 73.6. The topological polar surface area (TPSA) is 320 Å². The Hall–Kier alpha value is -14.1. The highest BCUT2D eigenvalue weighted by molar-refractivity contribution is 6.15. The van der Waals surface area contributed by atoms with Crippen LogP contribution in [0.4, 0.5) is 0 Å². The molecule has 0 aromatic heterocycles. The zero-order valence-electron chi connectivity index (χ0n) is 75.8. The van der Waals surface area contributed by atoms with Gasteiger partial charge in [0.15, 0.2) is 23.0 Å². The lowest BCUT2D eigenvalue weighted by Crippen LogP contribution is -2.28. The van der Waals surface area contributed by atoms with E-state index in [-0.39, 0.29) is 183 Å². The fourth-order valence-corrected chi connectivity index (χ4v) is 13.3. The summed E-state index contributed by atoms with van der Waals surface area (Å²) in [5.41, 5.74) is -0.745. The molecule has 2 unspecified atom stereocenters. The summed E-state index contributed by atoms with van der Waals surface area (Å²) in [5.74, 6) is 0.844. The van der Waals surface area contributed by atoms with Crippen molar-refractivity contribution in [2.45, 2.75) is 252 Å². The standard InChI is InChI=1S/C20H20O4.C20H20O3.C19H18O4.C19H18O3.C16H18O3.C14H20O3.12CH4/c1-4-20(2,3)19(23)24-18-13-8-6-5-7-12(13)11-15-14(18)9-10-16(21)17(15)22;1-4-20(2,3)19(22)23-18-15-11-7-5-9-13(15)17(21)14-10-6-8-12-16(14)18;1-3-11(2)19(22)23-18-13-7-5-4-6-12(13)10-15-14(18)8-9-16(20)17(15)21;1-3-12(2)19(21)22-18-15-10-6-4-8-13(15)17(20)14-9-5-7-11-16(14)18;1-4-16(2,3)15(18)19-14-10-6-7-11-12(14)8-5-9-13(11)17;1-6-14(4,5)13(16)17-11-7-9(2)12(15)10(3)8-11;;;;;;;;;;;;/h5-11,21-22H,4H2,1-3H3;5-12,21H,4H2,1-3H3;4-11,20-21H,3H2,1-2H3;4-12,20H,3H2,1-2H3;5-10,17H,4H2,1-3H3;7-8,15H,6H2,1-5H3;12*1H4. The summed E-state index contributed by atoms with van der Waals surface area (Å²) < 4.78 is 33.7. The average Bonchev–Trinajstić information content (AvgIpc) is 0.765. The fourth-order valence-electron chi connectivity index (χ4n) is 13.3. The molecule has 20 nitrogen and oxygen atoms in total. The first kappa shape index (κ1) is 130. The van der Waals surface area contributed by atoms with Gasteiger partial charge in [0.05, 0.1) is 33.5 Å². The number of phenols is 8. The molecule has 0 heterocycles. The molecular weight excluding hydrogens is 1760 g/mol. The van der Waals surface area contributed by atoms with Gasteiger partial charge >= 0.3 is 35.8 Å². The molecule has 0 saturated heterocycles. The predicted molar refractivity (Wildman–Crippen MR) is 589 cm³/mol. The lowest BCUT2D eigenvalue weighted by atomic mass is 9.90. The van der Waals surface area contributed by atoms with Crippen molar-refractivity contribution in [2.24, 2.45) is 33.5 Å². The third kappa shape index (κ3) is 29.0. The zero-order chi connectivity index (χ0) is 93.6. The van der Waals surface area contributed by atoms with E-state index >= 15 is 0 Å². The van der Waals surface area contributed by atoms with Crippen LogP contribution in [0.15, 0.2) is 231 Å². The number of carbonyl (C=O) groups is 6. The summed E-state index contributed by atoms with van der Waals surface area (Å²) in [6, 6.07) is 68.2. The van der Waals surface area contributed by atoms with Crippen molar-refractivity contribution in [1.29, 1.82) is 0 Å². The highest BCUT2D eigenvalue weighted by atomic mass is 16.6. The van der Waals surface area contributed by atoms with Crippen LogP contribution < -0.4 is 28.4 Å². The lowest BCUT2D eigenvalue weighted by Gasteiger charge is -2.22. The molecule has 0 spiro atoms. The number of hydrogen-bond donors (Lipinski definition) is 8. The Bertz CT molecular complexity index is 6540. The molecule has 8 N–H and O–H groups in total. The predicted octanol–water partition coefficient (Wildman–Crippen LogP) is 33.7. The van der Waals surface area contributed by atoms with E-state index in [2.05, 4.69) is 0 Å². The summed E-state index contributed by atoms with van der Waals surface area (Å²) in [6.07, 6.45) is 4.20. The molecular formula is C120H162O20. The number of phenolic OH excluding ortho intramolecular Hbond substituents is 8. The van der Waals surface area contributed by atoms with Crippen molar-refractivity contribution in [1.82, 2.24) is 0 Å². The van der Waals surface area contributed by atoms with E-state index in [4.69, 9.17) is 28.4 Å². The van der Waals surface area contributed by atoms with Crippen molar-refractivity contribution >= 4 is 133 Å². The van der Waals surface area contributed by atoms with Crippen LogP contribution in [-0.2, 0) is 28.8 Å². The van der Waals surface area contributed by atoms with Crippen LogP contribution in [0.25, 0.3) is 97.0 Å². The molecule has 140 heavy (non-hydrogen) atoms. The maximum Gasteiger partial charge on any atom is 0.316 e. The van der Waals surface area contributed by atoms with Crippen LogP contribution in [0.1, 0.15) is 250 Å². The molecule has 0 amide bonds. The second-order valence-electron chi connectivity index (χ2n) is 34.5. The highest BCUT2D eigenvalue weighted by Crippen LogP contribution is 2.48. The number of aryl methyl sites for hydroxylation is 2. The van der Waals surface area contributed by atoms with Gasteiger partial charge < -0.3 is 69.3 Å². The number of hydrogen-bond acceptors (Lipinski definition) is 20. The number of rotatable bonds is 18. The molecule has 15 aromatic carbocycles. The van der Waals surface area contributed by atoms with Gasteiger partial charge in [0, 0.05) is 86.2 Å². The van der Waals surface area contributed by atoms with E-state index in [0.29, 0.717) is 120 Å². The van der Waals surface area contributed by atoms with Crippen LogP contribution in [0, 0.1) is 47.3 Å². The van der Waals surface area contributed by atoms with Crippen molar-refractivity contribution in [3.05, 3.63) is 242 Å². The largest absolute Gasteiger partial charge is 0.507 e. The minimum absolute atomic E-state index is 0. The van der Waals surface area contributed by atoms with Gasteiger partial charge in [-0.3, -0.25) is 28.8 Å². The lowest BCUT2D eigenvalue weighted by molar-refractivity contribution is -0.144. The van der Waals surface area contributed by atoms with E-state index in [0.717, 1.165) is 61.3 Å². The van der Waals surface area contributed by atoms with E-state index in [1.165, 1.54) is 12.1 Å². The fraction of sp³-hybridized carbons (Fsp3) is 0.350. The Labute approximate surface area is 833 Å². The van der Waals surface area contributed by atoms with E-state index in [1.54, 1.807) is 80.6 Å². The van der Waals surface area contributed by atoms with Gasteiger partial charge in [-0.05, 0) is 190 Å². The molecule has 0 saturated carbocycles. The SMILES string of the molecule is C.C.C.C.C.C.C.C.C.C.C.C.CCC(C)(C)C(=O)Oc1c2ccccc2c(O)c2ccccc12.CCC(C)(C)C(=O)Oc1c2ccccc2cc2c(O)c(O)ccc12.CCC(C)(C)C(=O)Oc1cc(C)c(O)c(C)c1.CCC(C)(C)C(=O)Oc1cccc2c(O)cccc12.CCC(C)C(=O)Oc1c2ccccc2c(O)c2ccccc12.CCC(C)C(=O)Oc1c2ccccc2cc2c(O)c(O)ccc12. The van der Waals surface area contributed by atoms with E-state index in [9.17, 15) is 69.6 Å². The second kappa shape index (κ2) is 55.5. The quantitative estimate of drug-likeness (QED) is 0.0171. The number of ether oxygens (including phenoxy) is 6. The smallest absolute Gasteiger partial charge is 0.316 e. The Morgan fingerprint density at radius 2 is 0.507 bits per heavy atom. The number of aromatic hydroxyl groups is 8. The molecule has 15 rings (SSSR count). The molecule has 0 aliphatic heterocycles. The van der Waals surface area contributed by atoms with Gasteiger partial charge in [-0.25, -0.2) is 0 Å². The normalized spacial score (nSPS) is 10.9. The Morgan fingerprint density at radius 3 is 0.836 bits per heavy atom. The maximum atomic E-state index is 12.6. The van der Waals surface area contributed by atoms with Gasteiger partial charge in [-0.1, -0.05) is 314 Å². The van der Waals surface area contributed by atoms with E-state index < -0.39 is 21.7 Å². The van der Waals surface area contributed by atoms with Crippen molar-refractivity contribution in [2.75, 3.05) is 0 Å². The molecule has 0 aliphatic carbocycles. The van der Waals surface area contributed by atoms with Crippen LogP contribution in [0.5, 0.6) is 80.5 Å². The van der Waals surface area contributed by atoms with Gasteiger partial charge in [0.25, 0.3) is 0 Å². The minimum Gasteiger partial charge on any atom is -0.507 e. The van der Waals surface area contributed by atoms with E-state index in [1.807, 2.05) is 262 Å². The third-order valence-corrected chi connectivity index (χ3v) is 23.9. The highest BCUT2D eigenvalue weighted by Gasteiger charge is 2.33. The monoisotopic (exact) mass is 1920 g/mol. The summed E-state index contributed by atoms with van der Waals surface area (Å²) in [6.45, 7) is 33.8. The number of carbonyl (C=O) groups excluding carboxylic acids is 6. The minimum atomic E-state index is -0.609. The molecule has 0 aliphatic rings. The molecule has 20 heteroatoms. The third-order valence-electron chi connectivity index (χ3n) is 23.9. The molecule has 2 atom stereocenters. The first-order valence-electron chi connectivity index (χ1n) is 43.0. The van der Waals surface area contributed by atoms with Gasteiger partial charge in [0.1, 0.15) is 57.5 Å².